The molecule has 2 aromatic rings. The SMILES string of the molecule is Cc1c(O)ccc(C(=S)S(=O)C(=S)c2ccc(O)c(C)c2O)c1O. The van der Waals surface area contributed by atoms with E-state index in [0.29, 0.717) is 0 Å². The summed E-state index contributed by atoms with van der Waals surface area (Å²) in [6.07, 6.45) is 0. The van der Waals surface area contributed by atoms with Gasteiger partial charge in [-0.05, 0) is 38.1 Å². The van der Waals surface area contributed by atoms with Crippen LogP contribution in [0.25, 0.3) is 0 Å². The van der Waals surface area contributed by atoms with Crippen molar-refractivity contribution in [2.45, 2.75) is 13.8 Å². The summed E-state index contributed by atoms with van der Waals surface area (Å²) in [7, 11) is -1.98. The molecular weight excluding hydrogens is 368 g/mol. The van der Waals surface area contributed by atoms with E-state index in [4.69, 9.17) is 24.4 Å². The molecule has 5 nitrogen and oxygen atoms in total. The van der Waals surface area contributed by atoms with Gasteiger partial charge in [-0.1, -0.05) is 24.4 Å². The largest absolute Gasteiger partial charge is 0.508 e. The maximum Gasteiger partial charge on any atom is 0.131 e. The van der Waals surface area contributed by atoms with Gasteiger partial charge in [0.15, 0.2) is 0 Å². The molecule has 0 saturated carbocycles. The fourth-order valence-electron chi connectivity index (χ4n) is 1.99. The maximum absolute atomic E-state index is 12.6. The number of phenols is 4. The molecule has 0 aliphatic heterocycles. The van der Waals surface area contributed by atoms with E-state index in [1.807, 2.05) is 0 Å². The molecule has 0 fully saturated rings. The molecule has 0 aliphatic rings. The van der Waals surface area contributed by atoms with Gasteiger partial charge in [-0.25, -0.2) is 4.21 Å². The van der Waals surface area contributed by atoms with Crippen molar-refractivity contribution in [3.8, 4) is 23.0 Å². The molecule has 0 atom stereocenters. The number of hydrogen-bond donors (Lipinski definition) is 4. The zero-order valence-electron chi connectivity index (χ0n) is 12.7. The second kappa shape index (κ2) is 6.84. The van der Waals surface area contributed by atoms with Crippen molar-refractivity contribution in [3.05, 3.63) is 46.5 Å². The first kappa shape index (κ1) is 18.3. The van der Waals surface area contributed by atoms with Crippen molar-refractivity contribution >= 4 is 43.6 Å². The topological polar surface area (TPSA) is 98.0 Å². The Hall–Kier alpha value is -2.03. The van der Waals surface area contributed by atoms with Gasteiger partial charge in [0.05, 0.1) is 0 Å². The fourth-order valence-corrected chi connectivity index (χ4v) is 3.88. The van der Waals surface area contributed by atoms with Gasteiger partial charge in [0, 0.05) is 22.3 Å². The summed E-state index contributed by atoms with van der Waals surface area (Å²) in [5, 5.41) is 39.3. The second-order valence-corrected chi connectivity index (χ2v) is 7.74. The van der Waals surface area contributed by atoms with E-state index < -0.39 is 10.8 Å². The molecule has 24 heavy (non-hydrogen) atoms. The van der Waals surface area contributed by atoms with E-state index >= 15 is 0 Å². The Morgan fingerprint density at radius 1 is 0.792 bits per heavy atom. The molecule has 0 radical (unpaired) electrons. The molecule has 0 aliphatic carbocycles. The summed E-state index contributed by atoms with van der Waals surface area (Å²) in [5.41, 5.74) is 0.661. The number of aromatic hydroxyl groups is 4. The Labute approximate surface area is 151 Å². The number of phenolic OH excluding ortho intramolecular Hbond substituents is 4. The van der Waals surface area contributed by atoms with Crippen LogP contribution in [-0.4, -0.2) is 33.0 Å². The van der Waals surface area contributed by atoms with Gasteiger partial charge in [-0.15, -0.1) is 0 Å². The monoisotopic (exact) mass is 382 g/mol. The van der Waals surface area contributed by atoms with Crippen LogP contribution in [-0.2, 0) is 10.8 Å². The van der Waals surface area contributed by atoms with Gasteiger partial charge >= 0.3 is 0 Å². The summed E-state index contributed by atoms with van der Waals surface area (Å²) < 4.78 is 12.4. The maximum atomic E-state index is 12.6. The van der Waals surface area contributed by atoms with E-state index in [0.717, 1.165) is 0 Å². The van der Waals surface area contributed by atoms with E-state index in [2.05, 4.69) is 0 Å². The van der Waals surface area contributed by atoms with Crippen molar-refractivity contribution in [1.29, 1.82) is 0 Å². The van der Waals surface area contributed by atoms with E-state index in [-0.39, 0.29) is 53.6 Å². The summed E-state index contributed by atoms with van der Waals surface area (Å²) in [6, 6.07) is 5.36. The third-order valence-electron chi connectivity index (χ3n) is 3.58. The molecule has 0 amide bonds. The van der Waals surface area contributed by atoms with Crippen molar-refractivity contribution in [1.82, 2.24) is 0 Å². The smallest absolute Gasteiger partial charge is 0.131 e. The normalized spacial score (nSPS) is 10.8. The summed E-state index contributed by atoms with van der Waals surface area (Å²) >= 11 is 10.3. The van der Waals surface area contributed by atoms with Crippen molar-refractivity contribution < 1.29 is 24.6 Å². The lowest BCUT2D eigenvalue weighted by Gasteiger charge is -2.12. The molecule has 2 aromatic carbocycles. The molecule has 2 rings (SSSR count). The first-order valence-corrected chi connectivity index (χ1v) is 8.67. The van der Waals surface area contributed by atoms with Crippen LogP contribution in [0.1, 0.15) is 22.3 Å². The van der Waals surface area contributed by atoms with E-state index in [1.54, 1.807) is 0 Å². The summed E-state index contributed by atoms with van der Waals surface area (Å²) in [5.74, 6) is -0.775. The van der Waals surface area contributed by atoms with Gasteiger partial charge in [0.1, 0.15) is 42.2 Å². The molecular formula is C16H14O5S3. The van der Waals surface area contributed by atoms with Gasteiger partial charge in [0.2, 0.25) is 0 Å². The summed E-state index contributed by atoms with van der Waals surface area (Å²) in [6.45, 7) is 2.99. The zero-order chi connectivity index (χ0) is 18.2. The lowest BCUT2D eigenvalue weighted by atomic mass is 10.1. The van der Waals surface area contributed by atoms with Crippen LogP contribution >= 0.6 is 24.4 Å². The number of benzene rings is 2. The molecule has 0 bridgehead atoms. The molecule has 126 valence electrons. The average Bonchev–Trinajstić information content (AvgIpc) is 2.56. The van der Waals surface area contributed by atoms with Crippen LogP contribution < -0.4 is 0 Å². The molecule has 0 spiro atoms. The Morgan fingerprint density at radius 2 is 1.12 bits per heavy atom. The lowest BCUT2D eigenvalue weighted by Crippen LogP contribution is -2.16. The minimum absolute atomic E-state index is 0.112. The Morgan fingerprint density at radius 3 is 1.46 bits per heavy atom. The molecule has 8 heteroatoms. The Bertz CT molecular complexity index is 818. The molecule has 0 unspecified atom stereocenters. The lowest BCUT2D eigenvalue weighted by molar-refractivity contribution is 0.442. The first-order valence-electron chi connectivity index (χ1n) is 6.70. The minimum Gasteiger partial charge on any atom is -0.508 e. The van der Waals surface area contributed by atoms with Crippen LogP contribution in [0.15, 0.2) is 24.3 Å². The van der Waals surface area contributed by atoms with Gasteiger partial charge < -0.3 is 20.4 Å². The number of thiocarbonyl (C=S) groups is 2. The Balaban J connectivity index is 2.42. The van der Waals surface area contributed by atoms with E-state index in [9.17, 15) is 24.6 Å². The fraction of sp³-hybridized carbons (Fsp3) is 0.125. The summed E-state index contributed by atoms with van der Waals surface area (Å²) in [4.78, 5) is 0. The predicted molar refractivity (Wildman–Crippen MR) is 101 cm³/mol. The highest BCUT2D eigenvalue weighted by atomic mass is 32.2. The van der Waals surface area contributed by atoms with Crippen molar-refractivity contribution in [3.63, 3.8) is 0 Å². The predicted octanol–water partition coefficient (Wildman–Crippen LogP) is 2.93. The second-order valence-electron chi connectivity index (χ2n) is 5.06. The van der Waals surface area contributed by atoms with Crippen LogP contribution in [0.3, 0.4) is 0 Å². The molecule has 4 N–H and O–H groups in total. The Kier molecular flexibility index (Phi) is 5.22. The zero-order valence-corrected chi connectivity index (χ0v) is 15.2. The molecule has 0 saturated heterocycles. The quantitative estimate of drug-likeness (QED) is 0.593. The van der Waals surface area contributed by atoms with Gasteiger partial charge in [-0.3, -0.25) is 0 Å². The minimum atomic E-state index is -1.98. The van der Waals surface area contributed by atoms with Gasteiger partial charge in [0.25, 0.3) is 0 Å². The van der Waals surface area contributed by atoms with Gasteiger partial charge in [-0.2, -0.15) is 0 Å². The average molecular weight is 382 g/mol. The third kappa shape index (κ3) is 3.12. The van der Waals surface area contributed by atoms with Crippen LogP contribution in [0.5, 0.6) is 23.0 Å². The molecule has 0 aromatic heterocycles. The molecule has 0 heterocycles. The van der Waals surface area contributed by atoms with Crippen molar-refractivity contribution in [2.24, 2.45) is 0 Å². The van der Waals surface area contributed by atoms with Crippen LogP contribution in [0, 0.1) is 13.8 Å². The highest BCUT2D eigenvalue weighted by Gasteiger charge is 2.23. The number of hydrogen-bond acceptors (Lipinski definition) is 7. The first-order chi connectivity index (χ1) is 11.2. The van der Waals surface area contributed by atoms with Crippen LogP contribution in [0.4, 0.5) is 0 Å². The van der Waals surface area contributed by atoms with Crippen LogP contribution in [0.2, 0.25) is 0 Å². The van der Waals surface area contributed by atoms with E-state index in [1.165, 1.54) is 38.1 Å². The highest BCUT2D eigenvalue weighted by Crippen LogP contribution is 2.33. The number of rotatable bonds is 2. The highest BCUT2D eigenvalue weighted by molar-refractivity contribution is 8.29. The third-order valence-corrected chi connectivity index (χ3v) is 6.04. The van der Waals surface area contributed by atoms with Crippen molar-refractivity contribution in [2.75, 3.05) is 0 Å². The standard InChI is InChI=1S/C16H14O5S3/c1-7-11(17)5-3-9(13(7)19)15(22)24(21)16(23)10-4-6-12(18)8(2)14(10)20/h3-6,17-20H,1-2H3.